The lowest BCUT2D eigenvalue weighted by atomic mass is 9.97. The fourth-order valence-corrected chi connectivity index (χ4v) is 3.65. The van der Waals surface area contributed by atoms with Gasteiger partial charge >= 0.3 is 6.18 Å². The molecule has 2 heterocycles. The van der Waals surface area contributed by atoms with E-state index in [0.717, 1.165) is 32.6 Å². The molecule has 0 fully saturated rings. The number of hydrogen-bond donors (Lipinski definition) is 1. The standard InChI is InChI=1S/C23H20BrF3N4O/c1-32-19-8-6-18(7-9-19)31-13-16-12-29-22(28-11-10-23(25,26)27)30-21(16)20(14-31)15-2-4-17(24)5-3-15/h2-9,12,14H,10-11,13H2,1H3,(H,28,29,30). The maximum atomic E-state index is 12.5. The number of rotatable bonds is 6. The van der Waals surface area contributed by atoms with Gasteiger partial charge in [-0.25, -0.2) is 9.97 Å². The van der Waals surface area contributed by atoms with Crippen molar-refractivity contribution in [1.82, 2.24) is 9.97 Å². The van der Waals surface area contributed by atoms with Crippen molar-refractivity contribution in [1.29, 1.82) is 0 Å². The van der Waals surface area contributed by atoms with Crippen molar-refractivity contribution >= 4 is 33.1 Å². The minimum atomic E-state index is -4.23. The van der Waals surface area contributed by atoms with Gasteiger partial charge in [-0.05, 0) is 42.0 Å². The van der Waals surface area contributed by atoms with Crippen LogP contribution in [-0.2, 0) is 6.54 Å². The van der Waals surface area contributed by atoms with E-state index in [1.165, 1.54) is 0 Å². The van der Waals surface area contributed by atoms with Crippen molar-refractivity contribution < 1.29 is 17.9 Å². The van der Waals surface area contributed by atoms with Crippen LogP contribution >= 0.6 is 15.9 Å². The van der Waals surface area contributed by atoms with Crippen LogP contribution in [-0.4, -0.2) is 29.8 Å². The van der Waals surface area contributed by atoms with Crippen molar-refractivity contribution in [2.75, 3.05) is 23.9 Å². The molecule has 1 aliphatic rings. The number of alkyl halides is 3. The molecule has 5 nitrogen and oxygen atoms in total. The number of benzene rings is 2. The molecule has 166 valence electrons. The van der Waals surface area contributed by atoms with Crippen LogP contribution in [0.1, 0.15) is 23.2 Å². The topological polar surface area (TPSA) is 50.3 Å². The number of fused-ring (bicyclic) bond motifs is 1. The fourth-order valence-electron chi connectivity index (χ4n) is 3.38. The molecule has 0 atom stereocenters. The lowest BCUT2D eigenvalue weighted by molar-refractivity contribution is -0.131. The zero-order valence-corrected chi connectivity index (χ0v) is 18.7. The van der Waals surface area contributed by atoms with Gasteiger partial charge in [0.1, 0.15) is 5.75 Å². The van der Waals surface area contributed by atoms with Gasteiger partial charge in [0.05, 0.1) is 25.8 Å². The maximum Gasteiger partial charge on any atom is 0.390 e. The summed E-state index contributed by atoms with van der Waals surface area (Å²) in [4.78, 5) is 10.9. The van der Waals surface area contributed by atoms with Gasteiger partial charge in [0.15, 0.2) is 0 Å². The fraction of sp³-hybridized carbons (Fsp3) is 0.217. The molecule has 1 N–H and O–H groups in total. The average molecular weight is 505 g/mol. The molecule has 0 saturated carbocycles. The molecule has 1 aromatic heterocycles. The number of aromatic nitrogens is 2. The van der Waals surface area contributed by atoms with Gasteiger partial charge in [0.2, 0.25) is 5.95 Å². The first-order valence-electron chi connectivity index (χ1n) is 9.88. The molecular formula is C23H20BrF3N4O. The summed E-state index contributed by atoms with van der Waals surface area (Å²) in [5.41, 5.74) is 4.34. The third kappa shape index (κ3) is 5.21. The van der Waals surface area contributed by atoms with Crippen LogP contribution in [0.25, 0.3) is 5.57 Å². The molecule has 0 spiro atoms. The number of anilines is 2. The molecule has 0 saturated heterocycles. The second kappa shape index (κ2) is 9.20. The molecule has 32 heavy (non-hydrogen) atoms. The second-order valence-electron chi connectivity index (χ2n) is 7.24. The minimum absolute atomic E-state index is 0.175. The van der Waals surface area contributed by atoms with E-state index in [-0.39, 0.29) is 12.5 Å². The molecule has 0 amide bonds. The van der Waals surface area contributed by atoms with Gasteiger partial charge in [0.25, 0.3) is 0 Å². The lowest BCUT2D eigenvalue weighted by Crippen LogP contribution is -2.23. The van der Waals surface area contributed by atoms with E-state index in [0.29, 0.717) is 12.2 Å². The molecule has 0 aliphatic carbocycles. The van der Waals surface area contributed by atoms with E-state index in [4.69, 9.17) is 4.74 Å². The Bertz CT molecular complexity index is 1120. The first-order chi connectivity index (χ1) is 15.3. The van der Waals surface area contributed by atoms with Crippen molar-refractivity contribution in [2.45, 2.75) is 19.1 Å². The molecule has 0 unspecified atom stereocenters. The van der Waals surface area contributed by atoms with Crippen LogP contribution in [0.2, 0.25) is 0 Å². The van der Waals surface area contributed by atoms with Gasteiger partial charge in [-0.2, -0.15) is 13.2 Å². The van der Waals surface area contributed by atoms with Crippen molar-refractivity contribution in [2.24, 2.45) is 0 Å². The molecule has 1 aliphatic heterocycles. The summed E-state index contributed by atoms with van der Waals surface area (Å²) in [5, 5.41) is 2.68. The highest BCUT2D eigenvalue weighted by molar-refractivity contribution is 9.10. The highest BCUT2D eigenvalue weighted by atomic mass is 79.9. The molecule has 4 rings (SSSR count). The first kappa shape index (κ1) is 22.1. The van der Waals surface area contributed by atoms with Crippen LogP contribution in [0.15, 0.2) is 65.4 Å². The number of nitrogens with zero attached hydrogens (tertiary/aromatic N) is 3. The van der Waals surface area contributed by atoms with Crippen molar-refractivity contribution in [3.63, 3.8) is 0 Å². The summed E-state index contributed by atoms with van der Waals surface area (Å²) in [6.45, 7) is 0.252. The molecule has 9 heteroatoms. The van der Waals surface area contributed by atoms with E-state index >= 15 is 0 Å². The quantitative estimate of drug-likeness (QED) is 0.444. The highest BCUT2D eigenvalue weighted by Crippen LogP contribution is 2.34. The molecule has 3 aromatic rings. The Balaban J connectivity index is 1.69. The Morgan fingerprint density at radius 1 is 1.09 bits per heavy atom. The summed E-state index contributed by atoms with van der Waals surface area (Å²) in [6.07, 6.45) is -1.52. The third-order valence-electron chi connectivity index (χ3n) is 5.00. The number of hydrogen-bond acceptors (Lipinski definition) is 5. The Morgan fingerprint density at radius 3 is 2.47 bits per heavy atom. The van der Waals surface area contributed by atoms with Gasteiger partial charge in [-0.1, -0.05) is 28.1 Å². The summed E-state index contributed by atoms with van der Waals surface area (Å²) in [6, 6.07) is 15.5. The van der Waals surface area contributed by atoms with Crippen LogP contribution in [0.4, 0.5) is 24.8 Å². The number of methoxy groups -OCH3 is 1. The summed E-state index contributed by atoms with van der Waals surface area (Å²) in [7, 11) is 1.62. The largest absolute Gasteiger partial charge is 0.497 e. The number of nitrogens with one attached hydrogen (secondary N) is 1. The van der Waals surface area contributed by atoms with E-state index in [2.05, 4.69) is 36.1 Å². The normalized spacial score (nSPS) is 13.4. The van der Waals surface area contributed by atoms with Gasteiger partial charge in [-0.3, -0.25) is 0 Å². The number of halogens is 4. The van der Waals surface area contributed by atoms with E-state index in [1.54, 1.807) is 13.3 Å². The van der Waals surface area contributed by atoms with Gasteiger partial charge in [0, 0.05) is 40.2 Å². The maximum absolute atomic E-state index is 12.5. The summed E-state index contributed by atoms with van der Waals surface area (Å²) >= 11 is 3.45. The van der Waals surface area contributed by atoms with Crippen molar-refractivity contribution in [3.05, 3.63) is 82.2 Å². The smallest absolute Gasteiger partial charge is 0.390 e. The minimum Gasteiger partial charge on any atom is -0.497 e. The zero-order valence-electron chi connectivity index (χ0n) is 17.2. The monoisotopic (exact) mass is 504 g/mol. The summed E-state index contributed by atoms with van der Waals surface area (Å²) < 4.78 is 43.7. The van der Waals surface area contributed by atoms with Gasteiger partial charge in [-0.15, -0.1) is 0 Å². The zero-order chi connectivity index (χ0) is 22.7. The molecule has 0 bridgehead atoms. The molecular weight excluding hydrogens is 485 g/mol. The van der Waals surface area contributed by atoms with E-state index in [9.17, 15) is 13.2 Å². The predicted octanol–water partition coefficient (Wildman–Crippen LogP) is 6.02. The van der Waals surface area contributed by atoms with Crippen LogP contribution in [0, 0.1) is 0 Å². The van der Waals surface area contributed by atoms with E-state index in [1.807, 2.05) is 54.7 Å². The Labute approximate surface area is 192 Å². The molecule has 0 radical (unpaired) electrons. The SMILES string of the molecule is COc1ccc(N2C=C(c3ccc(Br)cc3)c3nc(NCCC(F)(F)F)ncc3C2)cc1. The second-order valence-corrected chi connectivity index (χ2v) is 8.15. The molecule has 2 aromatic carbocycles. The van der Waals surface area contributed by atoms with E-state index < -0.39 is 12.6 Å². The van der Waals surface area contributed by atoms with Crippen LogP contribution in [0.3, 0.4) is 0 Å². The van der Waals surface area contributed by atoms with Gasteiger partial charge < -0.3 is 15.0 Å². The summed E-state index contributed by atoms with van der Waals surface area (Å²) in [5.74, 6) is 0.940. The average Bonchev–Trinajstić information content (AvgIpc) is 2.78. The first-order valence-corrected chi connectivity index (χ1v) is 10.7. The van der Waals surface area contributed by atoms with Crippen molar-refractivity contribution in [3.8, 4) is 5.75 Å². The lowest BCUT2D eigenvalue weighted by Gasteiger charge is -2.29. The Hall–Kier alpha value is -3.07. The highest BCUT2D eigenvalue weighted by Gasteiger charge is 2.27. The third-order valence-corrected chi connectivity index (χ3v) is 5.52. The predicted molar refractivity (Wildman–Crippen MR) is 122 cm³/mol. The Kier molecular flexibility index (Phi) is 6.36. The van der Waals surface area contributed by atoms with Crippen LogP contribution < -0.4 is 15.0 Å². The Morgan fingerprint density at radius 2 is 1.81 bits per heavy atom. The van der Waals surface area contributed by atoms with Crippen LogP contribution in [0.5, 0.6) is 5.75 Å². The number of ether oxygens (including phenoxy) is 1.